The third-order valence-corrected chi connectivity index (χ3v) is 2.96. The van der Waals surface area contributed by atoms with Gasteiger partial charge in [-0.15, -0.1) is 0 Å². The predicted octanol–water partition coefficient (Wildman–Crippen LogP) is 2.20. The smallest absolute Gasteiger partial charge is 0.258 e. The predicted molar refractivity (Wildman–Crippen MR) is 75.4 cm³/mol. The second-order valence-corrected chi connectivity index (χ2v) is 5.01. The number of carbonyl (C=O) groups excluding carboxylic acids is 1. The molecule has 0 aromatic heterocycles. The summed E-state index contributed by atoms with van der Waals surface area (Å²) in [5.74, 6) is 0.221. The van der Waals surface area contributed by atoms with Crippen molar-refractivity contribution < 1.29 is 9.53 Å². The van der Waals surface area contributed by atoms with E-state index in [0.29, 0.717) is 12.3 Å². The van der Waals surface area contributed by atoms with Gasteiger partial charge in [-0.3, -0.25) is 4.79 Å². The maximum Gasteiger partial charge on any atom is 0.258 e. The van der Waals surface area contributed by atoms with Crippen LogP contribution in [-0.2, 0) is 11.3 Å². The number of benzene rings is 1. The number of nitrogens with two attached hydrogens (primary N) is 1. The maximum atomic E-state index is 11.0. The van der Waals surface area contributed by atoms with Gasteiger partial charge >= 0.3 is 0 Å². The van der Waals surface area contributed by atoms with Crippen LogP contribution < -0.4 is 15.8 Å². The lowest BCUT2D eigenvalue weighted by Gasteiger charge is -2.15. The lowest BCUT2D eigenvalue weighted by molar-refractivity contribution is -0.124. The molecule has 3 N–H and O–H groups in total. The summed E-state index contributed by atoms with van der Waals surface area (Å²) in [7, 11) is 0. The van der Waals surface area contributed by atoms with Crippen LogP contribution in [0.1, 0.15) is 25.8 Å². The molecule has 0 aliphatic heterocycles. The van der Waals surface area contributed by atoms with Crippen LogP contribution in [0, 0.1) is 0 Å². The largest absolute Gasteiger partial charge is 0.481 e. The average Bonchev–Trinajstić information content (AvgIpc) is 2.32. The number of hydrogen-bond acceptors (Lipinski definition) is 3. The highest BCUT2D eigenvalue weighted by molar-refractivity contribution is 9.10. The van der Waals surface area contributed by atoms with Crippen molar-refractivity contribution in [2.24, 2.45) is 5.73 Å². The van der Waals surface area contributed by atoms with Crippen molar-refractivity contribution in [2.75, 3.05) is 6.54 Å². The van der Waals surface area contributed by atoms with E-state index >= 15 is 0 Å². The molecule has 1 unspecified atom stereocenters. The highest BCUT2D eigenvalue weighted by Gasteiger charge is 2.13. The second kappa shape index (κ2) is 7.38. The standard InChI is InChI=1S/C13H19BrN2O2/c1-3-6-16-8-10-7-11(14)4-5-12(10)18-9(2)13(15)17/h4-5,7,9,16H,3,6,8H2,1-2H3,(H2,15,17). The number of primary amides is 1. The Labute approximate surface area is 116 Å². The number of rotatable bonds is 7. The van der Waals surface area contributed by atoms with Crippen LogP contribution in [0.15, 0.2) is 22.7 Å². The maximum absolute atomic E-state index is 11.0. The molecule has 1 amide bonds. The van der Waals surface area contributed by atoms with Crippen LogP contribution in [0.2, 0.25) is 0 Å². The first-order valence-electron chi connectivity index (χ1n) is 5.99. The molecule has 0 bridgehead atoms. The number of carbonyl (C=O) groups is 1. The van der Waals surface area contributed by atoms with E-state index in [-0.39, 0.29) is 0 Å². The van der Waals surface area contributed by atoms with Gasteiger partial charge < -0.3 is 15.8 Å². The number of amides is 1. The van der Waals surface area contributed by atoms with Crippen molar-refractivity contribution >= 4 is 21.8 Å². The lowest BCUT2D eigenvalue weighted by Crippen LogP contribution is -2.31. The number of hydrogen-bond donors (Lipinski definition) is 2. The van der Waals surface area contributed by atoms with Crippen LogP contribution in [0.5, 0.6) is 5.75 Å². The van der Waals surface area contributed by atoms with E-state index in [4.69, 9.17) is 10.5 Å². The van der Waals surface area contributed by atoms with Gasteiger partial charge in [-0.05, 0) is 38.1 Å². The Balaban J connectivity index is 2.78. The zero-order valence-electron chi connectivity index (χ0n) is 10.7. The van der Waals surface area contributed by atoms with Crippen molar-refractivity contribution in [3.8, 4) is 5.75 Å². The first-order chi connectivity index (χ1) is 8.54. The van der Waals surface area contributed by atoms with Crippen molar-refractivity contribution in [3.63, 3.8) is 0 Å². The van der Waals surface area contributed by atoms with E-state index in [9.17, 15) is 4.79 Å². The molecule has 18 heavy (non-hydrogen) atoms. The molecule has 0 aliphatic rings. The van der Waals surface area contributed by atoms with Crippen LogP contribution in [0.3, 0.4) is 0 Å². The van der Waals surface area contributed by atoms with Crippen LogP contribution >= 0.6 is 15.9 Å². The molecule has 1 atom stereocenters. The van der Waals surface area contributed by atoms with Gasteiger partial charge in [0.2, 0.25) is 0 Å². The second-order valence-electron chi connectivity index (χ2n) is 4.09. The Morgan fingerprint density at radius 2 is 2.28 bits per heavy atom. The third-order valence-electron chi connectivity index (χ3n) is 2.47. The van der Waals surface area contributed by atoms with Gasteiger partial charge in [0.05, 0.1) is 0 Å². The minimum absolute atomic E-state index is 0.467. The van der Waals surface area contributed by atoms with Crippen molar-refractivity contribution in [2.45, 2.75) is 32.9 Å². The molecule has 0 fully saturated rings. The summed E-state index contributed by atoms with van der Waals surface area (Å²) in [4.78, 5) is 11.0. The molecule has 0 aliphatic carbocycles. The monoisotopic (exact) mass is 314 g/mol. The molecule has 1 rings (SSSR count). The van der Waals surface area contributed by atoms with E-state index < -0.39 is 12.0 Å². The number of nitrogens with one attached hydrogen (secondary N) is 1. The third kappa shape index (κ3) is 4.66. The van der Waals surface area contributed by atoms with Crippen LogP contribution in [0.25, 0.3) is 0 Å². The molecule has 4 nitrogen and oxygen atoms in total. The first kappa shape index (κ1) is 15.0. The molecule has 0 saturated heterocycles. The van der Waals surface area contributed by atoms with Gasteiger partial charge in [-0.2, -0.15) is 0 Å². The molecule has 5 heteroatoms. The first-order valence-corrected chi connectivity index (χ1v) is 6.79. The minimum atomic E-state index is -0.629. The number of halogens is 1. The highest BCUT2D eigenvalue weighted by Crippen LogP contribution is 2.24. The lowest BCUT2D eigenvalue weighted by atomic mass is 10.2. The van der Waals surface area contributed by atoms with E-state index in [1.807, 2.05) is 18.2 Å². The normalized spacial score (nSPS) is 12.2. The Morgan fingerprint density at radius 3 is 2.89 bits per heavy atom. The Kier molecular flexibility index (Phi) is 6.15. The van der Waals surface area contributed by atoms with Crippen molar-refractivity contribution in [3.05, 3.63) is 28.2 Å². The molecule has 1 aromatic rings. The summed E-state index contributed by atoms with van der Waals surface area (Å²) in [5, 5.41) is 3.30. The van der Waals surface area contributed by atoms with E-state index in [0.717, 1.165) is 23.0 Å². The Hall–Kier alpha value is -1.07. The fraction of sp³-hybridized carbons (Fsp3) is 0.462. The molecule has 1 aromatic carbocycles. The summed E-state index contributed by atoms with van der Waals surface area (Å²) in [6.07, 6.45) is 0.443. The molecule has 100 valence electrons. The van der Waals surface area contributed by atoms with E-state index in [2.05, 4.69) is 28.2 Å². The van der Waals surface area contributed by atoms with Gasteiger partial charge in [0.25, 0.3) is 5.91 Å². The van der Waals surface area contributed by atoms with Gasteiger partial charge in [0, 0.05) is 16.6 Å². The molecule has 0 spiro atoms. The summed E-state index contributed by atoms with van der Waals surface area (Å²) in [5.41, 5.74) is 6.20. The molecular weight excluding hydrogens is 296 g/mol. The molecule has 0 radical (unpaired) electrons. The van der Waals surface area contributed by atoms with Crippen LogP contribution in [-0.4, -0.2) is 18.6 Å². The average molecular weight is 315 g/mol. The molecular formula is C13H19BrN2O2. The Morgan fingerprint density at radius 1 is 1.56 bits per heavy atom. The summed E-state index contributed by atoms with van der Waals surface area (Å²) in [6, 6.07) is 5.70. The highest BCUT2D eigenvalue weighted by atomic mass is 79.9. The molecule has 0 heterocycles. The number of ether oxygens (including phenoxy) is 1. The Bertz CT molecular complexity index is 410. The van der Waals surface area contributed by atoms with E-state index in [1.165, 1.54) is 0 Å². The summed E-state index contributed by atoms with van der Waals surface area (Å²) >= 11 is 3.43. The SMILES string of the molecule is CCCNCc1cc(Br)ccc1OC(C)C(N)=O. The minimum Gasteiger partial charge on any atom is -0.481 e. The van der Waals surface area contributed by atoms with Gasteiger partial charge in [-0.1, -0.05) is 22.9 Å². The topological polar surface area (TPSA) is 64.3 Å². The van der Waals surface area contributed by atoms with Gasteiger partial charge in [0.1, 0.15) is 5.75 Å². The zero-order valence-corrected chi connectivity index (χ0v) is 12.3. The fourth-order valence-electron chi connectivity index (χ4n) is 1.45. The van der Waals surface area contributed by atoms with Gasteiger partial charge in [0.15, 0.2) is 6.10 Å². The van der Waals surface area contributed by atoms with Gasteiger partial charge in [-0.25, -0.2) is 0 Å². The van der Waals surface area contributed by atoms with Crippen molar-refractivity contribution in [1.29, 1.82) is 0 Å². The summed E-state index contributed by atoms with van der Waals surface area (Å²) < 4.78 is 6.54. The quantitative estimate of drug-likeness (QED) is 0.758. The van der Waals surface area contributed by atoms with Crippen molar-refractivity contribution in [1.82, 2.24) is 5.32 Å². The fourth-order valence-corrected chi connectivity index (χ4v) is 1.86. The van der Waals surface area contributed by atoms with E-state index in [1.54, 1.807) is 6.92 Å². The molecule has 0 saturated carbocycles. The van der Waals surface area contributed by atoms with Crippen LogP contribution in [0.4, 0.5) is 0 Å². The zero-order chi connectivity index (χ0) is 13.5. The summed E-state index contributed by atoms with van der Waals surface area (Å²) in [6.45, 7) is 5.40.